The van der Waals surface area contributed by atoms with Crippen molar-refractivity contribution in [1.82, 2.24) is 10.1 Å². The van der Waals surface area contributed by atoms with Gasteiger partial charge in [-0.1, -0.05) is 35.2 Å². The Morgan fingerprint density at radius 1 is 0.760 bits per heavy atom. The van der Waals surface area contributed by atoms with Crippen LogP contribution in [-0.4, -0.2) is 54.0 Å². The largest absolute Gasteiger partial charge is 0.345 e. The number of amides is 4. The number of anilines is 2. The highest BCUT2D eigenvalue weighted by molar-refractivity contribution is 6.67. The number of rotatable bonds is 4. The first-order chi connectivity index (χ1) is 11.8. The Kier molecular flexibility index (Phi) is 5.99. The third-order valence-corrected chi connectivity index (χ3v) is 3.25. The van der Waals surface area contributed by atoms with Gasteiger partial charge in [0, 0.05) is 25.5 Å². The van der Waals surface area contributed by atoms with Crippen molar-refractivity contribution in [2.45, 2.75) is 0 Å². The van der Waals surface area contributed by atoms with Crippen LogP contribution in [0.4, 0.5) is 21.0 Å². The van der Waals surface area contributed by atoms with E-state index in [1.807, 2.05) is 31.5 Å². The van der Waals surface area contributed by atoms with Gasteiger partial charge in [-0.2, -0.15) is 0 Å². The number of carbonyl (C=O) groups excluding carboxylic acids is 2. The monoisotopic (exact) mass is 341 g/mol. The molecule has 1 radical (unpaired) electrons. The van der Waals surface area contributed by atoms with Crippen LogP contribution in [0.15, 0.2) is 48.5 Å². The van der Waals surface area contributed by atoms with Crippen molar-refractivity contribution in [3.05, 3.63) is 48.5 Å². The summed E-state index contributed by atoms with van der Waals surface area (Å²) in [6, 6.07) is 12.9. The van der Waals surface area contributed by atoms with E-state index in [9.17, 15) is 9.59 Å². The second-order valence-corrected chi connectivity index (χ2v) is 5.30. The summed E-state index contributed by atoms with van der Waals surface area (Å²) < 4.78 is 0. The minimum absolute atomic E-state index is 0.467. The number of carbonyl (C=O) groups is 2. The summed E-state index contributed by atoms with van der Waals surface area (Å²) in [6.07, 6.45) is 0. The lowest BCUT2D eigenvalue weighted by Gasteiger charge is -2.11. The fourth-order valence-electron chi connectivity index (χ4n) is 1.93. The minimum atomic E-state index is -0.622. The van der Waals surface area contributed by atoms with Crippen molar-refractivity contribution >= 4 is 41.6 Å². The first kappa shape index (κ1) is 18.3. The molecule has 2 aromatic rings. The van der Waals surface area contributed by atoms with E-state index < -0.39 is 12.1 Å². The number of benzene rings is 2. The third-order valence-electron chi connectivity index (χ3n) is 3.25. The highest BCUT2D eigenvalue weighted by Crippen LogP contribution is 2.06. The van der Waals surface area contributed by atoms with Gasteiger partial charge in [0.25, 0.3) is 0 Å². The fourth-order valence-corrected chi connectivity index (χ4v) is 1.93. The second-order valence-electron chi connectivity index (χ2n) is 5.30. The van der Waals surface area contributed by atoms with Gasteiger partial charge in [0.05, 0.1) is 0 Å². The van der Waals surface area contributed by atoms with Crippen molar-refractivity contribution in [3.63, 3.8) is 0 Å². The molecule has 0 spiro atoms. The van der Waals surface area contributed by atoms with Crippen LogP contribution in [0.1, 0.15) is 0 Å². The summed E-state index contributed by atoms with van der Waals surface area (Å²) in [5.41, 5.74) is 2.97. The smallest absolute Gasteiger partial charge is 0.306 e. The van der Waals surface area contributed by atoms with Crippen molar-refractivity contribution < 1.29 is 20.0 Å². The molecule has 25 heavy (non-hydrogen) atoms. The maximum atomic E-state index is 11.3. The minimum Gasteiger partial charge on any atom is -0.306 e. The zero-order valence-corrected chi connectivity index (χ0v) is 13.8. The van der Waals surface area contributed by atoms with Crippen LogP contribution in [0, 0.1) is 0 Å². The van der Waals surface area contributed by atoms with Crippen LogP contribution in [-0.2, 0) is 0 Å². The molecule has 2 aromatic carbocycles. The normalized spacial score (nSPS) is 9.92. The predicted molar refractivity (Wildman–Crippen MR) is 95.0 cm³/mol. The molecule has 0 aliphatic rings. The molecule has 0 unspecified atom stereocenters. The maximum Gasteiger partial charge on any atom is 0.345 e. The van der Waals surface area contributed by atoms with E-state index in [0.717, 1.165) is 10.9 Å². The summed E-state index contributed by atoms with van der Waals surface area (Å²) in [5.74, 6) is 0. The van der Waals surface area contributed by atoms with Gasteiger partial charge in [-0.25, -0.2) is 19.7 Å². The summed E-state index contributed by atoms with van der Waals surface area (Å²) >= 11 is 0. The molecule has 0 fully saturated rings. The molecule has 0 aliphatic carbocycles. The second kappa shape index (κ2) is 8.18. The van der Waals surface area contributed by atoms with Crippen LogP contribution in [0.3, 0.4) is 0 Å². The van der Waals surface area contributed by atoms with Crippen LogP contribution < -0.4 is 21.6 Å². The molecule has 4 amide bonds. The van der Waals surface area contributed by atoms with Crippen LogP contribution in [0.5, 0.6) is 0 Å². The lowest BCUT2D eigenvalue weighted by atomic mass is 9.64. The van der Waals surface area contributed by atoms with Gasteiger partial charge in [0.2, 0.25) is 0 Å². The molecule has 0 heterocycles. The molecular formula is C16H18BN4O4. The molecule has 0 aromatic heterocycles. The lowest BCUT2D eigenvalue weighted by Crippen LogP contribution is -2.29. The first-order valence-electron chi connectivity index (χ1n) is 7.37. The summed E-state index contributed by atoms with van der Waals surface area (Å²) in [6.45, 7) is 0. The van der Waals surface area contributed by atoms with E-state index in [0.29, 0.717) is 21.5 Å². The number of urea groups is 2. The van der Waals surface area contributed by atoms with Gasteiger partial charge in [0.15, 0.2) is 7.28 Å². The lowest BCUT2D eigenvalue weighted by molar-refractivity contribution is -0.0118. The Hall–Kier alpha value is -3.04. The molecule has 0 saturated carbocycles. The van der Waals surface area contributed by atoms with Crippen LogP contribution in [0.2, 0.25) is 0 Å². The van der Waals surface area contributed by atoms with Crippen molar-refractivity contribution in [3.8, 4) is 0 Å². The molecule has 4 N–H and O–H groups in total. The molecule has 0 saturated heterocycles. The zero-order chi connectivity index (χ0) is 18.4. The average molecular weight is 341 g/mol. The van der Waals surface area contributed by atoms with Gasteiger partial charge >= 0.3 is 12.1 Å². The maximum absolute atomic E-state index is 11.3. The van der Waals surface area contributed by atoms with Gasteiger partial charge in [0.1, 0.15) is 0 Å². The standard InChI is InChI=1S/C16H18BN4O4/c1-20(24)15(22)18-13-7-3-11(4-8-13)17-12-5-9-14(10-6-12)19-16(23)21(2)25/h3-10,24-25H,1-2H3,(H,18,22)(H,19,23). The number of hydrogen-bond donors (Lipinski definition) is 4. The molecule has 2 rings (SSSR count). The van der Waals surface area contributed by atoms with Gasteiger partial charge in [-0.15, -0.1) is 0 Å². The van der Waals surface area contributed by atoms with Crippen LogP contribution in [0.25, 0.3) is 0 Å². The van der Waals surface area contributed by atoms with Crippen molar-refractivity contribution in [1.29, 1.82) is 0 Å². The number of hydroxylamine groups is 4. The quantitative estimate of drug-likeness (QED) is 0.379. The molecule has 8 nitrogen and oxygen atoms in total. The molecule has 0 bridgehead atoms. The van der Waals surface area contributed by atoms with E-state index in [1.54, 1.807) is 24.3 Å². The molecule has 0 atom stereocenters. The average Bonchev–Trinajstić information content (AvgIpc) is 2.58. The molecule has 9 heteroatoms. The van der Waals surface area contributed by atoms with Crippen molar-refractivity contribution in [2.24, 2.45) is 0 Å². The van der Waals surface area contributed by atoms with E-state index >= 15 is 0 Å². The van der Waals surface area contributed by atoms with Gasteiger partial charge in [-0.3, -0.25) is 10.4 Å². The SMILES string of the molecule is CN(O)C(=O)Nc1ccc([B]c2ccc(NC(=O)N(C)O)cc2)cc1. The Bertz CT molecular complexity index is 669. The zero-order valence-electron chi connectivity index (χ0n) is 13.8. The summed E-state index contributed by atoms with van der Waals surface area (Å²) in [7, 11) is 4.40. The summed E-state index contributed by atoms with van der Waals surface area (Å²) in [5, 5.41) is 24.0. The third kappa shape index (κ3) is 5.52. The van der Waals surface area contributed by atoms with E-state index in [1.165, 1.54) is 14.1 Å². The number of nitrogens with one attached hydrogen (secondary N) is 2. The highest BCUT2D eigenvalue weighted by Gasteiger charge is 2.07. The van der Waals surface area contributed by atoms with E-state index in [2.05, 4.69) is 10.6 Å². The Balaban J connectivity index is 1.95. The number of hydrogen-bond acceptors (Lipinski definition) is 4. The van der Waals surface area contributed by atoms with Gasteiger partial charge < -0.3 is 10.6 Å². The van der Waals surface area contributed by atoms with E-state index in [-0.39, 0.29) is 0 Å². The molecule has 129 valence electrons. The topological polar surface area (TPSA) is 105 Å². The molecular weight excluding hydrogens is 323 g/mol. The van der Waals surface area contributed by atoms with Gasteiger partial charge in [-0.05, 0) is 24.3 Å². The summed E-state index contributed by atoms with van der Waals surface area (Å²) in [4.78, 5) is 22.7. The Morgan fingerprint density at radius 2 is 1.08 bits per heavy atom. The number of nitrogens with zero attached hydrogens (tertiary/aromatic N) is 2. The first-order valence-corrected chi connectivity index (χ1v) is 7.37. The molecule has 0 aliphatic heterocycles. The highest BCUT2D eigenvalue weighted by atomic mass is 16.5. The Labute approximate surface area is 145 Å². The van der Waals surface area contributed by atoms with Crippen molar-refractivity contribution in [2.75, 3.05) is 24.7 Å². The van der Waals surface area contributed by atoms with Crippen LogP contribution >= 0.6 is 0 Å². The Morgan fingerprint density at radius 3 is 1.36 bits per heavy atom. The fraction of sp³-hybridized carbons (Fsp3) is 0.125. The predicted octanol–water partition coefficient (Wildman–Crippen LogP) is 1.05. The van der Waals surface area contributed by atoms with E-state index in [4.69, 9.17) is 10.4 Å².